The lowest BCUT2D eigenvalue weighted by Crippen LogP contribution is -2.19. The summed E-state index contributed by atoms with van der Waals surface area (Å²) in [5.74, 6) is 0.617. The van der Waals surface area contributed by atoms with Crippen LogP contribution in [0.4, 0.5) is 8.78 Å². The minimum absolute atomic E-state index is 0.208. The lowest BCUT2D eigenvalue weighted by molar-refractivity contribution is 0.0954. The number of aryl methyl sites for hydroxylation is 2. The Bertz CT molecular complexity index is 1630. The maximum atomic E-state index is 13.3. The third kappa shape index (κ3) is 6.30. The Balaban J connectivity index is 1.52. The van der Waals surface area contributed by atoms with Gasteiger partial charge in [0.15, 0.2) is 0 Å². The number of rotatable bonds is 9. The van der Waals surface area contributed by atoms with Crippen LogP contribution in [0, 0.1) is 25.2 Å². The molecule has 1 amide bonds. The molecule has 2 aromatic heterocycles. The van der Waals surface area contributed by atoms with Crippen LogP contribution in [0.2, 0.25) is 5.02 Å². The summed E-state index contributed by atoms with van der Waals surface area (Å²) >= 11 is 7.42. The molecule has 0 atom stereocenters. The monoisotopic (exact) mass is 581 g/mol. The zero-order valence-corrected chi connectivity index (χ0v) is 23.1. The Morgan fingerprint density at radius 1 is 1.27 bits per heavy atom. The Morgan fingerprint density at radius 3 is 2.75 bits per heavy atom. The fraction of sp³-hybridized carbons (Fsp3) is 0.179. The lowest BCUT2D eigenvalue weighted by atomic mass is 10.1. The van der Waals surface area contributed by atoms with Crippen LogP contribution in [0.5, 0.6) is 5.75 Å². The van der Waals surface area contributed by atoms with Gasteiger partial charge in [-0.05, 0) is 55.3 Å². The number of ether oxygens (including phenoxy) is 1. The second kappa shape index (κ2) is 12.7. The number of aromatic nitrogens is 2. The Hall–Kier alpha value is -4.27. The van der Waals surface area contributed by atoms with Gasteiger partial charge in [0.1, 0.15) is 39.6 Å². The largest absolute Gasteiger partial charge is 0.496 e. The van der Waals surface area contributed by atoms with Crippen molar-refractivity contribution in [2.24, 2.45) is 5.10 Å². The summed E-state index contributed by atoms with van der Waals surface area (Å²) in [7, 11) is 1.51. The summed E-state index contributed by atoms with van der Waals surface area (Å²) in [6.07, 6.45) is -1.30. The van der Waals surface area contributed by atoms with Crippen molar-refractivity contribution >= 4 is 35.5 Å². The number of thioether (sulfide) groups is 1. The zero-order valence-electron chi connectivity index (χ0n) is 21.5. The highest BCUT2D eigenvalue weighted by atomic mass is 35.5. The van der Waals surface area contributed by atoms with Gasteiger partial charge in [-0.1, -0.05) is 35.0 Å². The number of hydrazone groups is 1. The van der Waals surface area contributed by atoms with Crippen molar-refractivity contribution in [3.8, 4) is 23.1 Å². The summed E-state index contributed by atoms with van der Waals surface area (Å²) in [5, 5.41) is 18.2. The van der Waals surface area contributed by atoms with E-state index in [9.17, 15) is 18.8 Å². The van der Waals surface area contributed by atoms with Gasteiger partial charge in [-0.3, -0.25) is 4.79 Å². The van der Waals surface area contributed by atoms with Gasteiger partial charge in [0.05, 0.1) is 23.9 Å². The second-order valence-electron chi connectivity index (χ2n) is 8.46. The van der Waals surface area contributed by atoms with Crippen molar-refractivity contribution in [1.29, 1.82) is 5.26 Å². The molecule has 0 bridgehead atoms. The van der Waals surface area contributed by atoms with Gasteiger partial charge < -0.3 is 9.26 Å². The van der Waals surface area contributed by atoms with E-state index in [1.807, 2.05) is 6.07 Å². The number of nitrogens with zero attached hydrogens (tertiary/aromatic N) is 4. The van der Waals surface area contributed by atoms with E-state index < -0.39 is 12.3 Å². The molecule has 2 heterocycles. The van der Waals surface area contributed by atoms with Crippen LogP contribution >= 0.6 is 23.4 Å². The summed E-state index contributed by atoms with van der Waals surface area (Å²) in [6.45, 7) is 3.21. The number of carbonyl (C=O) groups is 1. The number of amides is 1. The first-order chi connectivity index (χ1) is 19.2. The molecule has 204 valence electrons. The van der Waals surface area contributed by atoms with Gasteiger partial charge in [0.25, 0.3) is 12.3 Å². The molecule has 0 fully saturated rings. The first-order valence-electron chi connectivity index (χ1n) is 11.8. The van der Waals surface area contributed by atoms with Gasteiger partial charge in [-0.25, -0.2) is 19.2 Å². The van der Waals surface area contributed by atoms with E-state index in [0.717, 1.165) is 11.8 Å². The molecule has 8 nitrogen and oxygen atoms in total. The molecule has 40 heavy (non-hydrogen) atoms. The molecule has 12 heteroatoms. The lowest BCUT2D eigenvalue weighted by Gasteiger charge is -2.11. The van der Waals surface area contributed by atoms with Crippen LogP contribution in [-0.2, 0) is 5.75 Å². The third-order valence-electron chi connectivity index (χ3n) is 5.81. The fourth-order valence-electron chi connectivity index (χ4n) is 3.86. The SMILES string of the molecule is COc1ccc(/C=N\NC(=O)c2c(-c3ccccc3Cl)noc2C)cc1CSc1nc(C(F)F)cc(C)c1C#N. The van der Waals surface area contributed by atoms with Crippen LogP contribution in [0.1, 0.15) is 50.5 Å². The van der Waals surface area contributed by atoms with Crippen LogP contribution in [0.25, 0.3) is 11.3 Å². The van der Waals surface area contributed by atoms with Crippen LogP contribution in [0.15, 0.2) is 63.2 Å². The molecule has 0 radical (unpaired) electrons. The average molecular weight is 582 g/mol. The Morgan fingerprint density at radius 2 is 2.05 bits per heavy atom. The molecule has 4 aromatic rings. The molecule has 0 saturated carbocycles. The highest BCUT2D eigenvalue weighted by Crippen LogP contribution is 2.33. The van der Waals surface area contributed by atoms with Gasteiger partial charge >= 0.3 is 0 Å². The molecule has 0 spiro atoms. The van der Waals surface area contributed by atoms with E-state index >= 15 is 0 Å². The van der Waals surface area contributed by atoms with Gasteiger partial charge in [-0.15, -0.1) is 11.8 Å². The van der Waals surface area contributed by atoms with Crippen molar-refractivity contribution in [2.45, 2.75) is 31.1 Å². The molecule has 2 aromatic carbocycles. The number of pyridine rings is 1. The van der Waals surface area contributed by atoms with Crippen LogP contribution in [-0.4, -0.2) is 29.4 Å². The number of benzene rings is 2. The van der Waals surface area contributed by atoms with Crippen LogP contribution < -0.4 is 10.2 Å². The van der Waals surface area contributed by atoms with Gasteiger partial charge in [-0.2, -0.15) is 10.4 Å². The van der Waals surface area contributed by atoms with E-state index in [2.05, 4.69) is 20.7 Å². The number of hydrogen-bond donors (Lipinski definition) is 1. The van der Waals surface area contributed by atoms with E-state index in [1.54, 1.807) is 56.3 Å². The third-order valence-corrected chi connectivity index (χ3v) is 7.16. The highest BCUT2D eigenvalue weighted by Gasteiger charge is 2.23. The number of nitriles is 1. The predicted octanol–water partition coefficient (Wildman–Crippen LogP) is 6.88. The van der Waals surface area contributed by atoms with Crippen molar-refractivity contribution in [3.63, 3.8) is 0 Å². The van der Waals surface area contributed by atoms with Crippen molar-refractivity contribution < 1.29 is 22.8 Å². The molecule has 0 aliphatic carbocycles. The minimum atomic E-state index is -2.75. The smallest absolute Gasteiger partial charge is 0.280 e. The van der Waals surface area contributed by atoms with E-state index in [-0.39, 0.29) is 27.6 Å². The van der Waals surface area contributed by atoms with Crippen LogP contribution in [0.3, 0.4) is 0 Å². The van der Waals surface area contributed by atoms with E-state index in [1.165, 1.54) is 19.4 Å². The summed E-state index contributed by atoms with van der Waals surface area (Å²) in [6, 6.07) is 15.5. The van der Waals surface area contributed by atoms with Gasteiger partial charge in [0.2, 0.25) is 0 Å². The quantitative estimate of drug-likeness (QED) is 0.130. The second-order valence-corrected chi connectivity index (χ2v) is 9.83. The molecular formula is C28H22ClF2N5O3S. The minimum Gasteiger partial charge on any atom is -0.496 e. The Kier molecular flexibility index (Phi) is 9.14. The maximum absolute atomic E-state index is 13.3. The number of nitrogens with one attached hydrogen (secondary N) is 1. The fourth-order valence-corrected chi connectivity index (χ4v) is 5.12. The predicted molar refractivity (Wildman–Crippen MR) is 148 cm³/mol. The number of carbonyl (C=O) groups excluding carboxylic acids is 1. The van der Waals surface area contributed by atoms with Crippen molar-refractivity contribution in [2.75, 3.05) is 7.11 Å². The van der Waals surface area contributed by atoms with E-state index in [0.29, 0.717) is 44.5 Å². The molecule has 0 unspecified atom stereocenters. The van der Waals surface area contributed by atoms with E-state index in [4.69, 9.17) is 20.9 Å². The topological polar surface area (TPSA) is 113 Å². The summed E-state index contributed by atoms with van der Waals surface area (Å²) in [5.41, 5.74) is 5.18. The number of halogens is 3. The normalized spacial score (nSPS) is 11.2. The molecule has 4 rings (SSSR count). The van der Waals surface area contributed by atoms with Crippen molar-refractivity contribution in [1.82, 2.24) is 15.6 Å². The Labute approximate surface area is 238 Å². The first kappa shape index (κ1) is 28.7. The molecule has 0 saturated heterocycles. The number of methoxy groups -OCH3 is 1. The first-order valence-corrected chi connectivity index (χ1v) is 13.1. The number of hydrogen-bond acceptors (Lipinski definition) is 8. The number of alkyl halides is 2. The molecule has 0 aliphatic heterocycles. The van der Waals surface area contributed by atoms with Gasteiger partial charge in [0, 0.05) is 16.9 Å². The summed E-state index contributed by atoms with van der Waals surface area (Å²) < 4.78 is 37.2. The average Bonchev–Trinajstić information content (AvgIpc) is 3.32. The van der Waals surface area contributed by atoms with Crippen molar-refractivity contribution in [3.05, 3.63) is 92.8 Å². The standard InChI is InChI=1S/C28H22ClF2N5O3S/c1-15-10-22(26(30)31)34-28(20(15)12-32)40-14-18-11-17(8-9-23(18)38-3)13-33-35-27(37)24-16(2)39-36-25(24)19-6-4-5-7-21(19)29/h4-11,13,26H,14H2,1-3H3,(H,35,37)/b33-13-. The molecular weight excluding hydrogens is 560 g/mol. The highest BCUT2D eigenvalue weighted by molar-refractivity contribution is 7.98. The zero-order chi connectivity index (χ0) is 28.8. The molecule has 0 aliphatic rings. The summed E-state index contributed by atoms with van der Waals surface area (Å²) in [4.78, 5) is 16.9. The maximum Gasteiger partial charge on any atom is 0.280 e. The molecule has 1 N–H and O–H groups in total.